The van der Waals surface area contributed by atoms with Crippen molar-refractivity contribution >= 4 is 82.7 Å². The number of aliphatic hydroxyl groups excluding tert-OH is 1. The molecule has 0 aliphatic heterocycles. The van der Waals surface area contributed by atoms with E-state index in [1.54, 1.807) is 34.0 Å². The van der Waals surface area contributed by atoms with Gasteiger partial charge in [-0.25, -0.2) is 4.79 Å². The van der Waals surface area contributed by atoms with E-state index in [0.29, 0.717) is 31.4 Å². The number of aliphatic carboxylic acids is 1. The lowest BCUT2D eigenvalue weighted by molar-refractivity contribution is -0.142. The Bertz CT molecular complexity index is 1880. The van der Waals surface area contributed by atoms with E-state index in [0.717, 1.165) is 0 Å². The van der Waals surface area contributed by atoms with E-state index in [4.69, 9.17) is 17.2 Å². The van der Waals surface area contributed by atoms with Crippen LogP contribution in [-0.4, -0.2) is 174 Å². The summed E-state index contributed by atoms with van der Waals surface area (Å²) in [6, 6.07) is -10.5. The summed E-state index contributed by atoms with van der Waals surface area (Å²) in [4.78, 5) is 155. The number of nitrogens with one attached hydrogen (secondary N) is 10. The van der Waals surface area contributed by atoms with Crippen LogP contribution in [0.2, 0.25) is 0 Å². The number of amides is 11. The van der Waals surface area contributed by atoms with Crippen molar-refractivity contribution in [1.82, 2.24) is 53.2 Å². The number of rotatable bonds is 37. The summed E-state index contributed by atoms with van der Waals surface area (Å²) in [5.41, 5.74) is 16.1. The second-order valence-corrected chi connectivity index (χ2v) is 19.0. The van der Waals surface area contributed by atoms with Crippen molar-refractivity contribution < 1.29 is 67.7 Å². The monoisotopic (exact) mass is 1060 g/mol. The maximum Gasteiger partial charge on any atom is 0.326 e. The molecule has 0 bridgehead atoms. The molecule has 28 heteroatoms. The van der Waals surface area contributed by atoms with Crippen LogP contribution >= 0.6 is 11.8 Å². The van der Waals surface area contributed by atoms with Crippen molar-refractivity contribution in [2.75, 3.05) is 44.8 Å². The minimum Gasteiger partial charge on any atom is -0.480 e. The zero-order valence-corrected chi connectivity index (χ0v) is 44.0. The molecule has 0 aromatic carbocycles. The Morgan fingerprint density at radius 3 is 1.53 bits per heavy atom. The molecular formula is C45H81N13O14S. The number of hydrogen-bond donors (Lipinski definition) is 15. The fraction of sp³-hybridized carbons (Fsp3) is 0.733. The normalized spacial score (nSPS) is 15.1. The van der Waals surface area contributed by atoms with Crippen LogP contribution in [0.3, 0.4) is 0 Å². The summed E-state index contributed by atoms with van der Waals surface area (Å²) in [6.07, 6.45) is 2.91. The quantitative estimate of drug-likeness (QED) is 0.0259. The highest BCUT2D eigenvalue weighted by Crippen LogP contribution is 2.13. The maximum absolute atomic E-state index is 13.9. The van der Waals surface area contributed by atoms with Crippen LogP contribution in [0.1, 0.15) is 99.8 Å². The van der Waals surface area contributed by atoms with Crippen LogP contribution in [-0.2, 0) is 57.5 Å². The molecule has 0 unspecified atom stereocenters. The van der Waals surface area contributed by atoms with Crippen LogP contribution in [0.4, 0.5) is 0 Å². The first-order valence-electron chi connectivity index (χ1n) is 24.3. The molecular weight excluding hydrogens is 979 g/mol. The van der Waals surface area contributed by atoms with Gasteiger partial charge < -0.3 is 80.6 Å². The number of carboxylic acids is 1. The lowest BCUT2D eigenvalue weighted by Crippen LogP contribution is -2.60. The van der Waals surface area contributed by atoms with Crippen molar-refractivity contribution in [2.45, 2.75) is 148 Å². The van der Waals surface area contributed by atoms with Gasteiger partial charge in [0.05, 0.1) is 32.7 Å². The van der Waals surface area contributed by atoms with E-state index >= 15 is 0 Å². The number of hydrogen-bond acceptors (Lipinski definition) is 16. The van der Waals surface area contributed by atoms with Gasteiger partial charge in [0.15, 0.2) is 0 Å². The maximum atomic E-state index is 13.9. The standard InChI is InChI=1S/C45H81N13O14S/c1-9-24(5)36(43(69)50-21-35(63)52-29(17-23(3)4)40(66)55-28(45(71)72)14-16-73-8)58-44(70)37(25(6)10-2)57-38(64)26(7)51-34(62)20-49-39(65)27(13-11-12-15-46)54-41(67)30(18-32(48)60)56-42(68)31(22-59)53-33(61)19-47/h23-31,36-37,59H,9-22,46-47H2,1-8H3,(H2,48,60)(H,49,65)(H,50,69)(H,51,62)(H,52,63)(H,53,61)(H,54,67)(H,55,66)(H,56,68)(H,57,64)(H,58,70)(H,71,72)/t24-,25+,26-,27-,28-,29-,30-,31-,36+,37+/m0/s1. The minimum absolute atomic E-state index is 0.0120. The van der Waals surface area contributed by atoms with E-state index in [-0.39, 0.29) is 31.7 Å². The molecule has 0 saturated carbocycles. The van der Waals surface area contributed by atoms with Crippen molar-refractivity contribution in [2.24, 2.45) is 35.0 Å². The molecule has 0 aromatic rings. The molecule has 0 spiro atoms. The molecule has 0 radical (unpaired) electrons. The molecule has 27 nitrogen and oxygen atoms in total. The summed E-state index contributed by atoms with van der Waals surface area (Å²) in [5.74, 6) is -11.2. The lowest BCUT2D eigenvalue weighted by atomic mass is 9.94. The van der Waals surface area contributed by atoms with Crippen LogP contribution in [0.15, 0.2) is 0 Å². The first kappa shape index (κ1) is 66.9. The molecule has 10 atom stereocenters. The Labute approximate surface area is 430 Å². The molecule has 11 amide bonds. The molecule has 416 valence electrons. The summed E-state index contributed by atoms with van der Waals surface area (Å²) in [6.45, 7) is 9.39. The van der Waals surface area contributed by atoms with Crippen LogP contribution < -0.4 is 70.4 Å². The molecule has 0 heterocycles. The SMILES string of the molecule is CC[C@@H](C)[C@@H](NC(=O)[C@H](C)NC(=O)CNC(=O)[C@H](CCCCN)NC(=O)[C@H](CC(N)=O)NC(=O)[C@H](CO)NC(=O)CN)C(=O)N[C@@H](C(=O)NCC(=O)N[C@@H](CC(C)C)C(=O)N[C@@H](CCSC)C(=O)O)[C@@H](C)CC. The van der Waals surface area contributed by atoms with Crippen molar-refractivity contribution in [1.29, 1.82) is 0 Å². The minimum atomic E-state index is -1.66. The number of nitrogens with two attached hydrogens (primary N) is 3. The second kappa shape index (κ2) is 35.9. The van der Waals surface area contributed by atoms with Crippen LogP contribution in [0, 0.1) is 17.8 Å². The number of primary amides is 1. The predicted octanol–water partition coefficient (Wildman–Crippen LogP) is -4.95. The summed E-state index contributed by atoms with van der Waals surface area (Å²) < 4.78 is 0. The first-order valence-corrected chi connectivity index (χ1v) is 25.7. The van der Waals surface area contributed by atoms with E-state index < -0.39 is 164 Å². The Balaban J connectivity index is 5.90. The van der Waals surface area contributed by atoms with Gasteiger partial charge in [-0.15, -0.1) is 0 Å². The highest BCUT2D eigenvalue weighted by atomic mass is 32.2. The third-order valence-electron chi connectivity index (χ3n) is 11.4. The van der Waals surface area contributed by atoms with Gasteiger partial charge in [-0.3, -0.25) is 52.7 Å². The molecule has 0 aromatic heterocycles. The molecule has 0 saturated heterocycles. The van der Waals surface area contributed by atoms with Crippen LogP contribution in [0.5, 0.6) is 0 Å². The first-order chi connectivity index (χ1) is 34.3. The summed E-state index contributed by atoms with van der Waals surface area (Å²) in [7, 11) is 0. The Hall–Kier alpha value is -6.13. The van der Waals surface area contributed by atoms with E-state index in [1.807, 2.05) is 13.8 Å². The molecule has 73 heavy (non-hydrogen) atoms. The van der Waals surface area contributed by atoms with Gasteiger partial charge in [-0.2, -0.15) is 11.8 Å². The van der Waals surface area contributed by atoms with Gasteiger partial charge in [-0.05, 0) is 75.3 Å². The average Bonchev–Trinajstić information content (AvgIpc) is 3.33. The van der Waals surface area contributed by atoms with Gasteiger partial charge in [0.1, 0.15) is 48.3 Å². The fourth-order valence-corrected chi connectivity index (χ4v) is 7.20. The Morgan fingerprint density at radius 1 is 0.534 bits per heavy atom. The summed E-state index contributed by atoms with van der Waals surface area (Å²) in [5, 5.41) is 43.5. The predicted molar refractivity (Wildman–Crippen MR) is 269 cm³/mol. The molecule has 0 fully saturated rings. The second-order valence-electron chi connectivity index (χ2n) is 18.0. The smallest absolute Gasteiger partial charge is 0.326 e. The highest BCUT2D eigenvalue weighted by Gasteiger charge is 2.35. The average molecular weight is 1060 g/mol. The highest BCUT2D eigenvalue weighted by molar-refractivity contribution is 7.98. The van der Waals surface area contributed by atoms with E-state index in [9.17, 15) is 67.7 Å². The van der Waals surface area contributed by atoms with Crippen LogP contribution in [0.25, 0.3) is 0 Å². The topological polar surface area (TPSA) is 444 Å². The van der Waals surface area contributed by atoms with E-state index in [1.165, 1.54) is 18.7 Å². The third kappa shape index (κ3) is 26.4. The lowest BCUT2D eigenvalue weighted by Gasteiger charge is -2.29. The molecule has 0 aliphatic rings. The third-order valence-corrected chi connectivity index (χ3v) is 12.1. The Morgan fingerprint density at radius 2 is 1.03 bits per heavy atom. The number of unbranched alkanes of at least 4 members (excludes halogenated alkanes) is 1. The molecule has 0 aliphatic carbocycles. The van der Waals surface area contributed by atoms with Gasteiger partial charge in [0.2, 0.25) is 65.0 Å². The molecule has 0 rings (SSSR count). The van der Waals surface area contributed by atoms with E-state index in [2.05, 4.69) is 53.2 Å². The fourth-order valence-electron chi connectivity index (χ4n) is 6.73. The van der Waals surface area contributed by atoms with Gasteiger partial charge in [-0.1, -0.05) is 54.4 Å². The Kier molecular flexibility index (Phi) is 32.9. The summed E-state index contributed by atoms with van der Waals surface area (Å²) >= 11 is 1.41. The number of aliphatic hydroxyl groups is 1. The zero-order valence-electron chi connectivity index (χ0n) is 43.2. The van der Waals surface area contributed by atoms with Crippen molar-refractivity contribution in [3.05, 3.63) is 0 Å². The van der Waals surface area contributed by atoms with Gasteiger partial charge in [0, 0.05) is 0 Å². The number of thioether (sulfide) groups is 1. The largest absolute Gasteiger partial charge is 0.480 e. The molecule has 18 N–H and O–H groups in total. The number of carbonyl (C=O) groups is 12. The van der Waals surface area contributed by atoms with Gasteiger partial charge in [0.25, 0.3) is 0 Å². The van der Waals surface area contributed by atoms with Crippen molar-refractivity contribution in [3.63, 3.8) is 0 Å². The zero-order chi connectivity index (χ0) is 56.0. The number of carboxylic acid groups (broad SMARTS) is 1. The number of carbonyl (C=O) groups excluding carboxylic acids is 11. The van der Waals surface area contributed by atoms with Crippen molar-refractivity contribution in [3.8, 4) is 0 Å². The van der Waals surface area contributed by atoms with Gasteiger partial charge >= 0.3 is 5.97 Å².